The summed E-state index contributed by atoms with van der Waals surface area (Å²) in [5, 5.41) is 3.95. The van der Waals surface area contributed by atoms with Gasteiger partial charge in [0.25, 0.3) is 0 Å². The van der Waals surface area contributed by atoms with Crippen LogP contribution in [0.5, 0.6) is 11.5 Å². The van der Waals surface area contributed by atoms with Crippen LogP contribution in [0.1, 0.15) is 51.0 Å². The second kappa shape index (κ2) is 11.6. The maximum absolute atomic E-state index is 12.7. The quantitative estimate of drug-likeness (QED) is 0.0932. The molecule has 1 unspecified atom stereocenters. The maximum atomic E-state index is 12.7. The molecular formula is C32H33O6P. The zero-order valence-corrected chi connectivity index (χ0v) is 23.0. The molecule has 1 N–H and O–H groups in total. The average Bonchev–Trinajstić information content (AvgIpc) is 3.04. The molecule has 0 aromatic heterocycles. The number of phosphoric ester groups is 1. The van der Waals surface area contributed by atoms with Gasteiger partial charge in [-0.2, -0.15) is 0 Å². The predicted molar refractivity (Wildman–Crippen MR) is 155 cm³/mol. The minimum atomic E-state index is -4.32. The Morgan fingerprint density at radius 3 is 2.15 bits per heavy atom. The number of hydrogen-bond donors (Lipinski definition) is 1. The largest absolute Gasteiger partial charge is 0.584 e. The summed E-state index contributed by atoms with van der Waals surface area (Å²) in [6.07, 6.45) is 7.42. The van der Waals surface area contributed by atoms with E-state index >= 15 is 0 Å². The van der Waals surface area contributed by atoms with Crippen molar-refractivity contribution in [3.63, 3.8) is 0 Å². The molecule has 1 heterocycles. The van der Waals surface area contributed by atoms with Gasteiger partial charge in [0.15, 0.2) is 0 Å². The van der Waals surface area contributed by atoms with Gasteiger partial charge >= 0.3 is 13.8 Å². The summed E-state index contributed by atoms with van der Waals surface area (Å²) < 4.78 is 28.8. The van der Waals surface area contributed by atoms with E-state index in [2.05, 4.69) is 24.8 Å². The molecule has 6 nitrogen and oxygen atoms in total. The molecule has 7 heteroatoms. The first-order chi connectivity index (χ1) is 18.8. The van der Waals surface area contributed by atoms with Gasteiger partial charge in [-0.15, -0.1) is 0 Å². The summed E-state index contributed by atoms with van der Waals surface area (Å²) in [7, 11) is -4.32. The van der Waals surface area contributed by atoms with E-state index in [1.807, 2.05) is 36.4 Å². The van der Waals surface area contributed by atoms with E-state index in [1.54, 1.807) is 19.1 Å². The van der Waals surface area contributed by atoms with E-state index in [1.165, 1.54) is 5.56 Å². The lowest BCUT2D eigenvalue weighted by Gasteiger charge is -2.14. The Morgan fingerprint density at radius 2 is 1.44 bits per heavy atom. The molecule has 0 radical (unpaired) electrons. The maximum Gasteiger partial charge on any atom is 0.584 e. The van der Waals surface area contributed by atoms with Gasteiger partial charge < -0.3 is 13.8 Å². The van der Waals surface area contributed by atoms with Gasteiger partial charge in [-0.3, -0.25) is 4.89 Å². The zero-order chi connectivity index (χ0) is 27.4. The zero-order valence-electron chi connectivity index (χ0n) is 22.2. The van der Waals surface area contributed by atoms with Crippen LogP contribution < -0.4 is 9.05 Å². The highest BCUT2D eigenvalue weighted by Gasteiger charge is 2.33. The monoisotopic (exact) mass is 544 g/mol. The number of hydrogen-bond acceptors (Lipinski definition) is 5. The van der Waals surface area contributed by atoms with Crippen LogP contribution in [0.25, 0.3) is 32.7 Å². The molecule has 0 saturated carbocycles. The van der Waals surface area contributed by atoms with Gasteiger partial charge in [0.2, 0.25) is 0 Å². The smallest absolute Gasteiger partial charge is 0.462 e. The Hall–Kier alpha value is -3.60. The lowest BCUT2D eigenvalue weighted by Crippen LogP contribution is -2.05. The normalized spacial score (nSPS) is 16.1. The van der Waals surface area contributed by atoms with Crippen LogP contribution in [0.4, 0.5) is 0 Å². The van der Waals surface area contributed by atoms with Crippen molar-refractivity contribution in [2.75, 3.05) is 6.61 Å². The van der Waals surface area contributed by atoms with E-state index in [0.29, 0.717) is 23.7 Å². The second-order valence-corrected chi connectivity index (χ2v) is 11.4. The number of phosphoric acid groups is 1. The van der Waals surface area contributed by atoms with E-state index in [9.17, 15) is 14.3 Å². The molecule has 1 aliphatic heterocycles. The third-order valence-corrected chi connectivity index (χ3v) is 7.91. The van der Waals surface area contributed by atoms with Gasteiger partial charge in [-0.25, -0.2) is 9.36 Å². The Labute approximate surface area is 228 Å². The standard InChI is InChI=1S/C32H33O6P/c1-22(2)32(33)36-20-10-6-4-3-5-7-11-23-14-17-27-25(21-23)16-19-29-31(27)30-26-13-9-8-12-24(26)15-18-28(30)37-39(34,35)38-29/h8-9,12-19,21H,1,3-7,10-11,20H2,2H3,(H,34,35). The lowest BCUT2D eigenvalue weighted by molar-refractivity contribution is -0.139. The summed E-state index contributed by atoms with van der Waals surface area (Å²) in [6.45, 7) is 5.71. The number of benzene rings is 4. The molecule has 0 saturated heterocycles. The summed E-state index contributed by atoms with van der Waals surface area (Å²) in [6, 6.07) is 21.7. The molecular weight excluding hydrogens is 511 g/mol. The second-order valence-electron chi connectivity index (χ2n) is 10.1. The van der Waals surface area contributed by atoms with Gasteiger partial charge in [0, 0.05) is 16.7 Å². The molecule has 0 bridgehead atoms. The van der Waals surface area contributed by atoms with Crippen LogP contribution in [-0.4, -0.2) is 17.5 Å². The number of ether oxygens (including phenoxy) is 1. The van der Waals surface area contributed by atoms with Crippen molar-refractivity contribution < 1.29 is 28.0 Å². The van der Waals surface area contributed by atoms with Crippen LogP contribution in [0.15, 0.2) is 78.9 Å². The van der Waals surface area contributed by atoms with Crippen molar-refractivity contribution in [2.45, 2.75) is 51.9 Å². The average molecular weight is 545 g/mol. The summed E-state index contributed by atoms with van der Waals surface area (Å²) in [5.41, 5.74) is 3.23. The highest BCUT2D eigenvalue weighted by atomic mass is 31.2. The summed E-state index contributed by atoms with van der Waals surface area (Å²) in [4.78, 5) is 21.8. The number of unbranched alkanes of at least 4 members (excludes halogenated alkanes) is 5. The fourth-order valence-electron chi connectivity index (χ4n) is 5.13. The molecule has 0 spiro atoms. The topological polar surface area (TPSA) is 82.1 Å². The molecule has 4 aromatic carbocycles. The Kier molecular flexibility index (Phi) is 8.06. The number of aryl methyl sites for hydroxylation is 1. The van der Waals surface area contributed by atoms with Crippen LogP contribution >= 0.6 is 7.82 Å². The molecule has 0 amide bonds. The van der Waals surface area contributed by atoms with Gasteiger partial charge in [0.1, 0.15) is 11.5 Å². The first-order valence-corrected chi connectivity index (χ1v) is 14.9. The van der Waals surface area contributed by atoms with Crippen molar-refractivity contribution in [3.05, 3.63) is 84.4 Å². The van der Waals surface area contributed by atoms with Crippen LogP contribution in [0.3, 0.4) is 0 Å². The minimum Gasteiger partial charge on any atom is -0.462 e. The van der Waals surface area contributed by atoms with Crippen LogP contribution in [-0.2, 0) is 20.5 Å². The number of fused-ring (bicyclic) bond motifs is 7. The van der Waals surface area contributed by atoms with Crippen molar-refractivity contribution in [3.8, 4) is 22.6 Å². The highest BCUT2D eigenvalue weighted by Crippen LogP contribution is 2.56. The van der Waals surface area contributed by atoms with E-state index in [0.717, 1.165) is 77.6 Å². The molecule has 5 rings (SSSR count). The molecule has 0 aliphatic carbocycles. The Morgan fingerprint density at radius 1 is 0.821 bits per heavy atom. The lowest BCUT2D eigenvalue weighted by atomic mass is 9.91. The van der Waals surface area contributed by atoms with Gasteiger partial charge in [0.05, 0.1) is 6.61 Å². The molecule has 39 heavy (non-hydrogen) atoms. The van der Waals surface area contributed by atoms with Crippen molar-refractivity contribution in [1.29, 1.82) is 0 Å². The van der Waals surface area contributed by atoms with E-state index < -0.39 is 7.82 Å². The van der Waals surface area contributed by atoms with Crippen LogP contribution in [0.2, 0.25) is 0 Å². The number of carbonyl (C=O) groups is 1. The Balaban J connectivity index is 1.28. The molecule has 1 atom stereocenters. The predicted octanol–water partition coefficient (Wildman–Crippen LogP) is 8.53. The third-order valence-electron chi connectivity index (χ3n) is 7.06. The van der Waals surface area contributed by atoms with Crippen molar-refractivity contribution >= 4 is 35.3 Å². The van der Waals surface area contributed by atoms with E-state index in [4.69, 9.17) is 13.8 Å². The van der Waals surface area contributed by atoms with Crippen molar-refractivity contribution in [1.82, 2.24) is 0 Å². The third kappa shape index (κ3) is 6.19. The first kappa shape index (κ1) is 27.0. The van der Waals surface area contributed by atoms with Crippen LogP contribution in [0, 0.1) is 0 Å². The fourth-order valence-corrected chi connectivity index (χ4v) is 5.97. The Bertz CT molecular complexity index is 1590. The number of rotatable bonds is 10. The van der Waals surface area contributed by atoms with Gasteiger partial charge in [-0.1, -0.05) is 86.9 Å². The first-order valence-electron chi connectivity index (χ1n) is 13.4. The highest BCUT2D eigenvalue weighted by molar-refractivity contribution is 7.48. The minimum absolute atomic E-state index is 0.312. The van der Waals surface area contributed by atoms with Crippen molar-refractivity contribution in [2.24, 2.45) is 0 Å². The SMILES string of the molecule is C=C(C)C(=O)OCCCCCCCCc1ccc2c3c(ccc2c1)OP(=O)(O)Oc1ccc2ccccc2c1-3. The fraction of sp³-hybridized carbons (Fsp3) is 0.281. The van der Waals surface area contributed by atoms with E-state index in [-0.39, 0.29) is 5.97 Å². The summed E-state index contributed by atoms with van der Waals surface area (Å²) >= 11 is 0. The van der Waals surface area contributed by atoms with Gasteiger partial charge in [-0.05, 0) is 65.4 Å². The molecule has 0 fully saturated rings. The summed E-state index contributed by atoms with van der Waals surface area (Å²) in [5.74, 6) is 0.364. The number of carbonyl (C=O) groups excluding carboxylic acids is 1. The number of esters is 1. The molecule has 4 aromatic rings. The molecule has 202 valence electrons. The molecule has 1 aliphatic rings.